The molecule has 1 aromatic carbocycles. The summed E-state index contributed by atoms with van der Waals surface area (Å²) in [7, 11) is -2.86. The molecule has 0 radical (unpaired) electrons. The largest absolute Gasteiger partial charge is 0.394 e. The Balaban J connectivity index is 1.93. The molecule has 20 heavy (non-hydrogen) atoms. The van der Waals surface area contributed by atoms with E-state index in [9.17, 15) is 13.5 Å². The summed E-state index contributed by atoms with van der Waals surface area (Å²) in [6, 6.07) is 8.31. The third-order valence-corrected chi connectivity index (χ3v) is 4.94. The number of hydrogen-bond acceptors (Lipinski definition) is 4. The van der Waals surface area contributed by atoms with Gasteiger partial charge in [-0.1, -0.05) is 24.3 Å². The van der Waals surface area contributed by atoms with Gasteiger partial charge in [0, 0.05) is 18.6 Å². The second kappa shape index (κ2) is 6.70. The van der Waals surface area contributed by atoms with Crippen molar-refractivity contribution in [2.75, 3.05) is 31.7 Å². The molecule has 1 unspecified atom stereocenters. The summed E-state index contributed by atoms with van der Waals surface area (Å²) in [6.07, 6.45) is 3.82. The van der Waals surface area contributed by atoms with E-state index in [1.165, 1.54) is 17.4 Å². The zero-order valence-corrected chi connectivity index (χ0v) is 12.8. The van der Waals surface area contributed by atoms with Gasteiger partial charge in [-0.25, -0.2) is 8.42 Å². The second-order valence-corrected chi connectivity index (χ2v) is 7.78. The van der Waals surface area contributed by atoms with Crippen molar-refractivity contribution in [2.45, 2.75) is 25.3 Å². The highest BCUT2D eigenvalue weighted by Gasteiger charge is 2.25. The molecule has 0 saturated heterocycles. The van der Waals surface area contributed by atoms with Crippen molar-refractivity contribution in [3.05, 3.63) is 35.4 Å². The lowest BCUT2D eigenvalue weighted by Gasteiger charge is -2.36. The van der Waals surface area contributed by atoms with Crippen molar-refractivity contribution in [2.24, 2.45) is 0 Å². The molecule has 1 aliphatic rings. The standard InChI is InChI=1S/C15H23NO3S/c1-20(18,19)11-5-4-9-16-10-8-13-6-2-3-7-14(13)15(16)12-17/h2-3,6-7,15,17H,4-5,8-12H2,1H3. The van der Waals surface area contributed by atoms with Crippen LogP contribution in [0.2, 0.25) is 0 Å². The quantitative estimate of drug-likeness (QED) is 0.807. The van der Waals surface area contributed by atoms with Gasteiger partial charge in [0.25, 0.3) is 0 Å². The molecule has 0 saturated carbocycles. The molecule has 4 nitrogen and oxygen atoms in total. The summed E-state index contributed by atoms with van der Waals surface area (Å²) < 4.78 is 22.2. The second-order valence-electron chi connectivity index (χ2n) is 5.52. The van der Waals surface area contributed by atoms with E-state index in [2.05, 4.69) is 17.0 Å². The fraction of sp³-hybridized carbons (Fsp3) is 0.600. The predicted molar refractivity (Wildman–Crippen MR) is 80.5 cm³/mol. The van der Waals surface area contributed by atoms with Gasteiger partial charge in [0.15, 0.2) is 0 Å². The first-order valence-electron chi connectivity index (χ1n) is 7.11. The van der Waals surface area contributed by atoms with Crippen molar-refractivity contribution in [1.82, 2.24) is 4.90 Å². The van der Waals surface area contributed by atoms with Crippen LogP contribution in [0.25, 0.3) is 0 Å². The van der Waals surface area contributed by atoms with E-state index in [1.807, 2.05) is 12.1 Å². The maximum Gasteiger partial charge on any atom is 0.147 e. The Hall–Kier alpha value is -0.910. The van der Waals surface area contributed by atoms with Crippen LogP contribution in [0.4, 0.5) is 0 Å². The average molecular weight is 297 g/mol. The SMILES string of the molecule is CS(=O)(=O)CCCCN1CCc2ccccc2C1CO. The minimum Gasteiger partial charge on any atom is -0.394 e. The normalized spacial score (nSPS) is 19.8. The van der Waals surface area contributed by atoms with Gasteiger partial charge < -0.3 is 5.11 Å². The van der Waals surface area contributed by atoms with Crippen LogP contribution in [0, 0.1) is 0 Å². The topological polar surface area (TPSA) is 57.6 Å². The molecule has 0 fully saturated rings. The highest BCUT2D eigenvalue weighted by Crippen LogP contribution is 2.29. The smallest absolute Gasteiger partial charge is 0.147 e. The number of fused-ring (bicyclic) bond motifs is 1. The van der Waals surface area contributed by atoms with E-state index in [0.29, 0.717) is 6.42 Å². The van der Waals surface area contributed by atoms with Crippen LogP contribution < -0.4 is 0 Å². The summed E-state index contributed by atoms with van der Waals surface area (Å²) in [5, 5.41) is 9.66. The maximum atomic E-state index is 11.1. The summed E-state index contributed by atoms with van der Waals surface area (Å²) in [6.45, 7) is 1.89. The third-order valence-electron chi connectivity index (χ3n) is 3.91. The summed E-state index contributed by atoms with van der Waals surface area (Å²) in [4.78, 5) is 2.27. The first-order chi connectivity index (χ1) is 9.51. The lowest BCUT2D eigenvalue weighted by Crippen LogP contribution is -2.38. The predicted octanol–water partition coefficient (Wildman–Crippen LogP) is 1.40. The zero-order valence-electron chi connectivity index (χ0n) is 12.0. The van der Waals surface area contributed by atoms with Gasteiger partial charge in [-0.05, 0) is 36.9 Å². The molecule has 1 N–H and O–H groups in total. The fourth-order valence-corrected chi connectivity index (χ4v) is 3.59. The number of unbranched alkanes of at least 4 members (excludes halogenated alkanes) is 1. The molecule has 0 bridgehead atoms. The highest BCUT2D eigenvalue weighted by molar-refractivity contribution is 7.90. The molecule has 1 aromatic rings. The van der Waals surface area contributed by atoms with E-state index in [0.717, 1.165) is 25.9 Å². The molecule has 5 heteroatoms. The average Bonchev–Trinajstić information content (AvgIpc) is 2.42. The fourth-order valence-electron chi connectivity index (χ4n) is 2.86. The van der Waals surface area contributed by atoms with Crippen molar-refractivity contribution in [3.63, 3.8) is 0 Å². The Bertz CT molecular complexity index is 542. The van der Waals surface area contributed by atoms with Gasteiger partial charge in [0.2, 0.25) is 0 Å². The Labute approximate surface area is 121 Å². The molecule has 112 valence electrons. The highest BCUT2D eigenvalue weighted by atomic mass is 32.2. The van der Waals surface area contributed by atoms with E-state index >= 15 is 0 Å². The van der Waals surface area contributed by atoms with Crippen molar-refractivity contribution >= 4 is 9.84 Å². The lowest BCUT2D eigenvalue weighted by atomic mass is 9.93. The van der Waals surface area contributed by atoms with Crippen LogP contribution in [0.15, 0.2) is 24.3 Å². The molecule has 1 aliphatic heterocycles. The number of benzene rings is 1. The third kappa shape index (κ3) is 4.04. The number of hydrogen-bond donors (Lipinski definition) is 1. The Morgan fingerprint density at radius 2 is 2.05 bits per heavy atom. The van der Waals surface area contributed by atoms with E-state index < -0.39 is 9.84 Å². The van der Waals surface area contributed by atoms with Gasteiger partial charge in [-0.2, -0.15) is 0 Å². The van der Waals surface area contributed by atoms with Crippen LogP contribution in [0.1, 0.15) is 30.0 Å². The summed E-state index contributed by atoms with van der Waals surface area (Å²) in [5.74, 6) is 0.251. The molecule has 0 spiro atoms. The van der Waals surface area contributed by atoms with Gasteiger partial charge in [0.1, 0.15) is 9.84 Å². The molecule has 0 aliphatic carbocycles. The summed E-state index contributed by atoms with van der Waals surface area (Å²) >= 11 is 0. The molecule has 0 amide bonds. The number of aliphatic hydroxyl groups excluding tert-OH is 1. The molecular formula is C15H23NO3S. The minimum absolute atomic E-state index is 0.0539. The maximum absolute atomic E-state index is 11.1. The van der Waals surface area contributed by atoms with Gasteiger partial charge in [-0.15, -0.1) is 0 Å². The number of rotatable bonds is 6. The molecule has 0 aromatic heterocycles. The van der Waals surface area contributed by atoms with Crippen LogP contribution >= 0.6 is 0 Å². The van der Waals surface area contributed by atoms with Crippen LogP contribution in [0.5, 0.6) is 0 Å². The van der Waals surface area contributed by atoms with E-state index in [-0.39, 0.29) is 18.4 Å². The van der Waals surface area contributed by atoms with Crippen molar-refractivity contribution in [3.8, 4) is 0 Å². The van der Waals surface area contributed by atoms with Crippen molar-refractivity contribution in [1.29, 1.82) is 0 Å². The zero-order chi connectivity index (χ0) is 14.6. The monoisotopic (exact) mass is 297 g/mol. The first-order valence-corrected chi connectivity index (χ1v) is 9.18. The first kappa shape index (κ1) is 15.5. The number of sulfone groups is 1. The van der Waals surface area contributed by atoms with Crippen LogP contribution in [-0.4, -0.2) is 50.1 Å². The Morgan fingerprint density at radius 1 is 1.30 bits per heavy atom. The van der Waals surface area contributed by atoms with Crippen LogP contribution in [0.3, 0.4) is 0 Å². The lowest BCUT2D eigenvalue weighted by molar-refractivity contribution is 0.113. The molecule has 1 atom stereocenters. The molecule has 2 rings (SSSR count). The van der Waals surface area contributed by atoms with Gasteiger partial charge in [-0.3, -0.25) is 4.90 Å². The Morgan fingerprint density at radius 3 is 2.75 bits per heavy atom. The van der Waals surface area contributed by atoms with Gasteiger partial charge >= 0.3 is 0 Å². The number of nitrogens with zero attached hydrogens (tertiary/aromatic N) is 1. The van der Waals surface area contributed by atoms with E-state index in [4.69, 9.17) is 0 Å². The number of aliphatic hydroxyl groups is 1. The molecular weight excluding hydrogens is 274 g/mol. The van der Waals surface area contributed by atoms with Crippen LogP contribution in [-0.2, 0) is 16.3 Å². The van der Waals surface area contributed by atoms with Gasteiger partial charge in [0.05, 0.1) is 12.6 Å². The van der Waals surface area contributed by atoms with E-state index in [1.54, 1.807) is 0 Å². The summed E-state index contributed by atoms with van der Waals surface area (Å²) in [5.41, 5.74) is 2.53. The Kier molecular flexibility index (Phi) is 5.18. The minimum atomic E-state index is -2.86. The van der Waals surface area contributed by atoms with Crippen molar-refractivity contribution < 1.29 is 13.5 Å². The molecule has 1 heterocycles.